The van der Waals surface area contributed by atoms with E-state index in [2.05, 4.69) is 5.32 Å². The summed E-state index contributed by atoms with van der Waals surface area (Å²) in [6.45, 7) is 4.80. The molecule has 26 heavy (non-hydrogen) atoms. The Bertz CT molecular complexity index is 595. The summed E-state index contributed by atoms with van der Waals surface area (Å²) in [4.78, 5) is 34.8. The molecule has 7 nitrogen and oxygen atoms in total. The first-order valence-corrected chi connectivity index (χ1v) is 9.41. The summed E-state index contributed by atoms with van der Waals surface area (Å²) in [6.07, 6.45) is 0.958. The Kier molecular flexibility index (Phi) is 6.38. The number of rotatable bonds is 5. The van der Waals surface area contributed by atoms with E-state index in [-0.39, 0.29) is 18.6 Å². The lowest BCUT2D eigenvalue weighted by Crippen LogP contribution is -2.52. The molecule has 0 aliphatic carbocycles. The summed E-state index contributed by atoms with van der Waals surface area (Å²) in [5.74, 6) is -1.60. The maximum absolute atomic E-state index is 11.8. The van der Waals surface area contributed by atoms with E-state index in [1.54, 1.807) is 6.92 Å². The summed E-state index contributed by atoms with van der Waals surface area (Å²) < 4.78 is 14.8. The fourth-order valence-corrected chi connectivity index (χ4v) is 3.54. The van der Waals surface area contributed by atoms with Crippen molar-refractivity contribution in [2.45, 2.75) is 73.7 Å². The second-order valence-corrected chi connectivity index (χ2v) is 9.33. The SMILES string of the molecule is CC(=O)O[C@@H](CNC(=O)C(Cl)(Cl)Cl)[C@]1(C)CC[C@H]([C@@]2(C)CCC(=O)O2)O1. The molecule has 0 unspecified atom stereocenters. The van der Waals surface area contributed by atoms with Crippen LogP contribution >= 0.6 is 34.8 Å². The van der Waals surface area contributed by atoms with Crippen LogP contribution in [-0.4, -0.2) is 51.6 Å². The van der Waals surface area contributed by atoms with Crippen LogP contribution in [0.25, 0.3) is 0 Å². The van der Waals surface area contributed by atoms with Crippen LogP contribution in [0.4, 0.5) is 0 Å². The minimum absolute atomic E-state index is 0.0773. The van der Waals surface area contributed by atoms with E-state index < -0.39 is 33.0 Å². The molecule has 148 valence electrons. The van der Waals surface area contributed by atoms with Crippen molar-refractivity contribution in [1.29, 1.82) is 0 Å². The molecule has 0 radical (unpaired) electrons. The fraction of sp³-hybridized carbons (Fsp3) is 0.812. The number of amides is 1. The zero-order valence-corrected chi connectivity index (χ0v) is 17.0. The van der Waals surface area contributed by atoms with Crippen molar-refractivity contribution in [3.63, 3.8) is 0 Å². The van der Waals surface area contributed by atoms with Gasteiger partial charge in [-0.05, 0) is 33.1 Å². The lowest BCUT2D eigenvalue weighted by molar-refractivity contribution is -0.186. The van der Waals surface area contributed by atoms with Crippen molar-refractivity contribution >= 4 is 52.6 Å². The summed E-state index contributed by atoms with van der Waals surface area (Å²) in [5, 5.41) is 2.45. The van der Waals surface area contributed by atoms with Crippen LogP contribution in [0.2, 0.25) is 0 Å². The average molecular weight is 431 g/mol. The third kappa shape index (κ3) is 4.94. The van der Waals surface area contributed by atoms with Gasteiger partial charge < -0.3 is 19.5 Å². The topological polar surface area (TPSA) is 90.9 Å². The molecule has 1 amide bonds. The lowest BCUT2D eigenvalue weighted by Gasteiger charge is -2.36. The molecule has 0 spiro atoms. The molecule has 1 N–H and O–H groups in total. The Morgan fingerprint density at radius 3 is 2.50 bits per heavy atom. The van der Waals surface area contributed by atoms with Gasteiger partial charge in [-0.2, -0.15) is 0 Å². The highest BCUT2D eigenvalue weighted by Crippen LogP contribution is 2.43. The summed E-state index contributed by atoms with van der Waals surface area (Å²) in [5.41, 5.74) is -1.59. The molecule has 2 aliphatic rings. The van der Waals surface area contributed by atoms with Crippen LogP contribution < -0.4 is 5.32 Å². The van der Waals surface area contributed by atoms with E-state index in [9.17, 15) is 14.4 Å². The minimum atomic E-state index is -2.12. The molecule has 4 atom stereocenters. The van der Waals surface area contributed by atoms with Crippen molar-refractivity contribution in [3.8, 4) is 0 Å². The number of esters is 2. The molecule has 0 saturated carbocycles. The molecular formula is C16H22Cl3NO6. The second kappa shape index (κ2) is 7.70. The number of carbonyl (C=O) groups is 3. The van der Waals surface area contributed by atoms with Gasteiger partial charge in [-0.3, -0.25) is 14.4 Å². The molecule has 0 aromatic carbocycles. The Hall–Kier alpha value is -0.760. The van der Waals surface area contributed by atoms with Gasteiger partial charge in [0.05, 0.1) is 12.6 Å². The number of nitrogens with one attached hydrogen (secondary N) is 1. The lowest BCUT2D eigenvalue weighted by atomic mass is 9.91. The molecule has 10 heteroatoms. The van der Waals surface area contributed by atoms with E-state index in [1.807, 2.05) is 6.92 Å². The van der Waals surface area contributed by atoms with Crippen LogP contribution in [0.5, 0.6) is 0 Å². The zero-order valence-electron chi connectivity index (χ0n) is 14.8. The maximum atomic E-state index is 11.8. The fourth-order valence-electron chi connectivity index (χ4n) is 3.33. The van der Waals surface area contributed by atoms with E-state index in [0.717, 1.165) is 0 Å². The van der Waals surface area contributed by atoms with Crippen molar-refractivity contribution in [2.75, 3.05) is 6.54 Å². The summed E-state index contributed by atoms with van der Waals surface area (Å²) in [7, 11) is 0. The quantitative estimate of drug-likeness (QED) is 0.532. The van der Waals surface area contributed by atoms with E-state index in [0.29, 0.717) is 25.7 Å². The normalized spacial score (nSPS) is 32.8. The molecule has 2 saturated heterocycles. The molecule has 2 heterocycles. The van der Waals surface area contributed by atoms with Gasteiger partial charge in [0.15, 0.2) is 0 Å². The van der Waals surface area contributed by atoms with E-state index in [4.69, 9.17) is 49.0 Å². The van der Waals surface area contributed by atoms with Gasteiger partial charge in [0.25, 0.3) is 9.70 Å². The molecule has 0 bridgehead atoms. The van der Waals surface area contributed by atoms with Crippen LogP contribution in [0, 0.1) is 0 Å². The second-order valence-electron chi connectivity index (χ2n) is 7.05. The number of carbonyl (C=O) groups excluding carboxylic acids is 3. The highest BCUT2D eigenvalue weighted by Gasteiger charge is 2.53. The predicted molar refractivity (Wildman–Crippen MR) is 95.1 cm³/mol. The smallest absolute Gasteiger partial charge is 0.306 e. The molecule has 2 rings (SSSR count). The van der Waals surface area contributed by atoms with Crippen LogP contribution in [0.3, 0.4) is 0 Å². The Morgan fingerprint density at radius 2 is 2.00 bits per heavy atom. The average Bonchev–Trinajstić information content (AvgIpc) is 3.07. The third-order valence-electron chi connectivity index (χ3n) is 4.86. The maximum Gasteiger partial charge on any atom is 0.306 e. The number of halogens is 3. The van der Waals surface area contributed by atoms with Gasteiger partial charge in [-0.1, -0.05) is 34.8 Å². The number of ether oxygens (including phenoxy) is 3. The molecule has 0 aromatic heterocycles. The van der Waals surface area contributed by atoms with Crippen LogP contribution in [-0.2, 0) is 28.6 Å². The summed E-state index contributed by atoms with van der Waals surface area (Å²) in [6, 6.07) is 0. The van der Waals surface area contributed by atoms with Crippen molar-refractivity contribution in [2.24, 2.45) is 0 Å². The number of hydrogen-bond acceptors (Lipinski definition) is 6. The van der Waals surface area contributed by atoms with Crippen molar-refractivity contribution < 1.29 is 28.6 Å². The minimum Gasteiger partial charge on any atom is -0.458 e. The number of alkyl halides is 3. The van der Waals surface area contributed by atoms with E-state index >= 15 is 0 Å². The Balaban J connectivity index is 2.08. The van der Waals surface area contributed by atoms with Crippen molar-refractivity contribution in [3.05, 3.63) is 0 Å². The predicted octanol–water partition coefficient (Wildman–Crippen LogP) is 2.44. The monoisotopic (exact) mass is 429 g/mol. The molecule has 2 aliphatic heterocycles. The van der Waals surface area contributed by atoms with Gasteiger partial charge in [0, 0.05) is 13.3 Å². The standard InChI is InChI=1S/C16H22Cl3NO6/c1-9(21)24-11(8-20-13(23)16(17,18)19)15(3)6-4-10(25-15)14(2)7-5-12(22)26-14/h10-11H,4-8H2,1-3H3,(H,20,23)/t10-,11+,14-,15+/m1/s1. The molecular weight excluding hydrogens is 409 g/mol. The Morgan fingerprint density at radius 1 is 1.35 bits per heavy atom. The number of hydrogen-bond donors (Lipinski definition) is 1. The third-order valence-corrected chi connectivity index (χ3v) is 5.38. The van der Waals surface area contributed by atoms with Gasteiger partial charge in [0.1, 0.15) is 17.3 Å². The van der Waals surface area contributed by atoms with Gasteiger partial charge in [-0.25, -0.2) is 0 Å². The highest BCUT2D eigenvalue weighted by atomic mass is 35.6. The van der Waals surface area contributed by atoms with Gasteiger partial charge in [-0.15, -0.1) is 0 Å². The molecule has 2 fully saturated rings. The van der Waals surface area contributed by atoms with Crippen LogP contribution in [0.15, 0.2) is 0 Å². The zero-order chi connectivity index (χ0) is 19.8. The van der Waals surface area contributed by atoms with Gasteiger partial charge in [0.2, 0.25) is 0 Å². The largest absolute Gasteiger partial charge is 0.458 e. The molecule has 0 aromatic rings. The Labute approximate surface area is 166 Å². The van der Waals surface area contributed by atoms with E-state index in [1.165, 1.54) is 6.92 Å². The first kappa shape index (κ1) is 21.5. The summed E-state index contributed by atoms with van der Waals surface area (Å²) >= 11 is 16.6. The highest BCUT2D eigenvalue weighted by molar-refractivity contribution is 6.76. The number of cyclic esters (lactones) is 1. The first-order chi connectivity index (χ1) is 11.9. The van der Waals surface area contributed by atoms with Crippen molar-refractivity contribution in [1.82, 2.24) is 5.32 Å². The van der Waals surface area contributed by atoms with Gasteiger partial charge >= 0.3 is 11.9 Å². The first-order valence-electron chi connectivity index (χ1n) is 8.28. The van der Waals surface area contributed by atoms with Crippen LogP contribution in [0.1, 0.15) is 46.5 Å².